The van der Waals surface area contributed by atoms with Crippen molar-refractivity contribution in [3.8, 4) is 5.75 Å². The second-order valence-corrected chi connectivity index (χ2v) is 5.59. The highest BCUT2D eigenvalue weighted by atomic mass is 16.3. The van der Waals surface area contributed by atoms with E-state index in [1.54, 1.807) is 13.0 Å². The molecule has 0 unspecified atom stereocenters. The highest BCUT2D eigenvalue weighted by Gasteiger charge is 2.28. The van der Waals surface area contributed by atoms with Gasteiger partial charge in [-0.3, -0.25) is 4.79 Å². The zero-order valence-corrected chi connectivity index (χ0v) is 11.4. The van der Waals surface area contributed by atoms with Crippen LogP contribution in [0.1, 0.15) is 44.4 Å². The maximum absolute atomic E-state index is 11.4. The Kier molecular flexibility index (Phi) is 3.12. The predicted octanol–water partition coefficient (Wildman–Crippen LogP) is 2.98. The van der Waals surface area contributed by atoms with E-state index in [2.05, 4.69) is 4.98 Å². The number of carbonyl (C=O) groups is 1. The smallest absolute Gasteiger partial charge is 0.198 e. The number of Topliss-reactive ketones (excluding diaryl/α,β-unsaturated/α-hetero) is 1. The van der Waals surface area contributed by atoms with Gasteiger partial charge in [-0.15, -0.1) is 0 Å². The average molecular weight is 274 g/mol. The monoisotopic (exact) mass is 274 g/mol. The molecule has 0 aliphatic heterocycles. The van der Waals surface area contributed by atoms with Crippen molar-refractivity contribution in [2.75, 3.05) is 5.73 Å². The zero-order valence-electron chi connectivity index (χ0n) is 11.4. The zero-order chi connectivity index (χ0) is 14.3. The van der Waals surface area contributed by atoms with E-state index >= 15 is 0 Å². The van der Waals surface area contributed by atoms with Gasteiger partial charge in [0.25, 0.3) is 0 Å². The second kappa shape index (κ2) is 4.81. The van der Waals surface area contributed by atoms with Crippen molar-refractivity contribution >= 4 is 22.6 Å². The normalized spacial score (nSPS) is 23.1. The van der Waals surface area contributed by atoms with Crippen molar-refractivity contribution in [2.45, 2.75) is 38.5 Å². The summed E-state index contributed by atoms with van der Waals surface area (Å²) in [5.41, 5.74) is 7.17. The molecule has 1 aliphatic rings. The number of hydrogen-bond acceptors (Lipinski definition) is 5. The summed E-state index contributed by atoms with van der Waals surface area (Å²) >= 11 is 0. The minimum atomic E-state index is 0.0256. The number of nitrogen functional groups attached to an aromatic ring is 1. The molecule has 1 aliphatic carbocycles. The first kappa shape index (κ1) is 13.0. The molecule has 2 aromatic rings. The fraction of sp³-hybridized carbons (Fsp3) is 0.467. The van der Waals surface area contributed by atoms with E-state index in [9.17, 15) is 9.90 Å². The number of hydrogen-bond donors (Lipinski definition) is 2. The van der Waals surface area contributed by atoms with Crippen LogP contribution in [-0.4, -0.2) is 15.9 Å². The number of aromatic hydroxyl groups is 1. The summed E-state index contributed by atoms with van der Waals surface area (Å²) in [6.45, 7) is 1.66. The Balaban J connectivity index is 1.83. The highest BCUT2D eigenvalue weighted by molar-refractivity contribution is 5.80. The van der Waals surface area contributed by atoms with E-state index in [1.165, 1.54) is 6.07 Å². The standard InChI is InChI=1S/C15H18N2O3/c1-8(18)9-2-4-10(5-3-9)15-17-12-7-13(19)11(16)6-14(12)20-15/h6-7,9-10,19H,2-5,16H2,1H3. The van der Waals surface area contributed by atoms with Gasteiger partial charge in [0, 0.05) is 24.0 Å². The number of aromatic nitrogens is 1. The van der Waals surface area contributed by atoms with Crippen molar-refractivity contribution in [2.24, 2.45) is 5.92 Å². The van der Waals surface area contributed by atoms with Crippen LogP contribution in [0, 0.1) is 5.92 Å². The number of anilines is 1. The Bertz CT molecular complexity index is 615. The first-order valence-electron chi connectivity index (χ1n) is 6.94. The molecule has 0 saturated heterocycles. The summed E-state index contributed by atoms with van der Waals surface area (Å²) in [6.07, 6.45) is 3.62. The van der Waals surface area contributed by atoms with Gasteiger partial charge in [0.2, 0.25) is 0 Å². The van der Waals surface area contributed by atoms with Gasteiger partial charge < -0.3 is 15.3 Å². The van der Waals surface area contributed by atoms with E-state index in [1.807, 2.05) is 0 Å². The molecule has 3 rings (SSSR count). The van der Waals surface area contributed by atoms with Gasteiger partial charge in [0.1, 0.15) is 17.0 Å². The summed E-state index contributed by atoms with van der Waals surface area (Å²) in [5, 5.41) is 9.59. The van der Waals surface area contributed by atoms with Crippen LogP contribution in [0.3, 0.4) is 0 Å². The van der Waals surface area contributed by atoms with Crippen LogP contribution in [0.5, 0.6) is 5.75 Å². The summed E-state index contributed by atoms with van der Waals surface area (Å²) in [7, 11) is 0. The largest absolute Gasteiger partial charge is 0.506 e. The molecule has 0 bridgehead atoms. The van der Waals surface area contributed by atoms with E-state index in [4.69, 9.17) is 10.2 Å². The summed E-state index contributed by atoms with van der Waals surface area (Å²) < 4.78 is 5.75. The highest BCUT2D eigenvalue weighted by Crippen LogP contribution is 2.37. The van der Waals surface area contributed by atoms with Gasteiger partial charge in [-0.1, -0.05) is 0 Å². The molecule has 20 heavy (non-hydrogen) atoms. The maximum atomic E-state index is 11.4. The molecule has 0 amide bonds. The molecule has 0 atom stereocenters. The molecule has 5 heteroatoms. The topological polar surface area (TPSA) is 89.3 Å². The number of fused-ring (bicyclic) bond motifs is 1. The van der Waals surface area contributed by atoms with Crippen molar-refractivity contribution in [3.63, 3.8) is 0 Å². The maximum Gasteiger partial charge on any atom is 0.198 e. The summed E-state index contributed by atoms with van der Waals surface area (Å²) in [5.74, 6) is 1.43. The van der Waals surface area contributed by atoms with Gasteiger partial charge in [-0.2, -0.15) is 0 Å². The lowest BCUT2D eigenvalue weighted by Crippen LogP contribution is -2.19. The van der Waals surface area contributed by atoms with Crippen molar-refractivity contribution in [1.29, 1.82) is 0 Å². The van der Waals surface area contributed by atoms with Crippen LogP contribution in [-0.2, 0) is 4.79 Å². The number of nitrogens with two attached hydrogens (primary N) is 1. The molecule has 0 spiro atoms. The van der Waals surface area contributed by atoms with Gasteiger partial charge in [-0.05, 0) is 32.6 Å². The van der Waals surface area contributed by atoms with E-state index in [0.717, 1.165) is 25.7 Å². The number of nitrogens with zero attached hydrogens (tertiary/aromatic N) is 1. The van der Waals surface area contributed by atoms with Gasteiger partial charge >= 0.3 is 0 Å². The van der Waals surface area contributed by atoms with Crippen LogP contribution in [0.15, 0.2) is 16.5 Å². The molecular formula is C15H18N2O3. The lowest BCUT2D eigenvalue weighted by molar-refractivity contribution is -0.121. The van der Waals surface area contributed by atoms with Crippen molar-refractivity contribution in [1.82, 2.24) is 4.98 Å². The SMILES string of the molecule is CC(=O)C1CCC(c2nc3cc(O)c(N)cc3o2)CC1. The van der Waals surface area contributed by atoms with Crippen LogP contribution in [0.25, 0.3) is 11.1 Å². The third-order valence-electron chi connectivity index (χ3n) is 4.20. The first-order chi connectivity index (χ1) is 9.54. The van der Waals surface area contributed by atoms with E-state index in [0.29, 0.717) is 22.7 Å². The quantitative estimate of drug-likeness (QED) is 0.649. The Labute approximate surface area is 116 Å². The number of carbonyl (C=O) groups excluding carboxylic acids is 1. The first-order valence-corrected chi connectivity index (χ1v) is 6.94. The molecule has 1 heterocycles. The third kappa shape index (κ3) is 2.24. The lowest BCUT2D eigenvalue weighted by atomic mass is 9.80. The van der Waals surface area contributed by atoms with Gasteiger partial charge in [0.15, 0.2) is 11.5 Å². The van der Waals surface area contributed by atoms with Crippen LogP contribution in [0.4, 0.5) is 5.69 Å². The van der Waals surface area contributed by atoms with Crippen molar-refractivity contribution in [3.05, 3.63) is 18.0 Å². The fourth-order valence-corrected chi connectivity index (χ4v) is 2.92. The summed E-state index contributed by atoms with van der Waals surface area (Å²) in [6, 6.07) is 3.13. The molecule has 1 aromatic heterocycles. The molecule has 1 fully saturated rings. The van der Waals surface area contributed by atoms with Crippen LogP contribution < -0.4 is 5.73 Å². The lowest BCUT2D eigenvalue weighted by Gasteiger charge is -2.24. The molecular weight excluding hydrogens is 256 g/mol. The third-order valence-corrected chi connectivity index (χ3v) is 4.20. The van der Waals surface area contributed by atoms with Crippen molar-refractivity contribution < 1.29 is 14.3 Å². The fourth-order valence-electron chi connectivity index (χ4n) is 2.92. The number of phenols is 1. The molecule has 106 valence electrons. The number of phenolic OH excluding ortho intramolecular Hbond substituents is 1. The molecule has 3 N–H and O–H groups in total. The van der Waals surface area contributed by atoms with Gasteiger partial charge in [0.05, 0.1) is 5.69 Å². The van der Waals surface area contributed by atoms with Crippen LogP contribution in [0.2, 0.25) is 0 Å². The average Bonchev–Trinajstić information content (AvgIpc) is 2.82. The molecule has 1 saturated carbocycles. The van der Waals surface area contributed by atoms with Crippen LogP contribution >= 0.6 is 0 Å². The Hall–Kier alpha value is -2.04. The number of ketones is 1. The number of benzene rings is 1. The summed E-state index contributed by atoms with van der Waals surface area (Å²) in [4.78, 5) is 15.8. The number of oxazole rings is 1. The number of rotatable bonds is 2. The molecule has 5 nitrogen and oxygen atoms in total. The van der Waals surface area contributed by atoms with E-state index < -0.39 is 0 Å². The Morgan fingerprint density at radius 2 is 2.05 bits per heavy atom. The minimum absolute atomic E-state index is 0.0256. The second-order valence-electron chi connectivity index (χ2n) is 5.59. The Morgan fingerprint density at radius 3 is 2.70 bits per heavy atom. The molecule has 0 radical (unpaired) electrons. The van der Waals surface area contributed by atoms with E-state index in [-0.39, 0.29) is 23.4 Å². The molecule has 1 aromatic carbocycles. The predicted molar refractivity (Wildman–Crippen MR) is 75.5 cm³/mol. The van der Waals surface area contributed by atoms with Gasteiger partial charge in [-0.25, -0.2) is 4.98 Å². The minimum Gasteiger partial charge on any atom is -0.506 e. The Morgan fingerprint density at radius 1 is 1.35 bits per heavy atom.